The molecule has 128 valence electrons. The Kier molecular flexibility index (Phi) is 8.10. The zero-order valence-electron chi connectivity index (χ0n) is 13.2. The molecule has 0 unspecified atom stereocenters. The number of alkyl carbamates (subject to hydrolysis) is 1. The summed E-state index contributed by atoms with van der Waals surface area (Å²) in [5.41, 5.74) is -0.733. The van der Waals surface area contributed by atoms with Crippen LogP contribution in [0, 0.1) is 0 Å². The minimum atomic E-state index is -3.63. The maximum Gasteiger partial charge on any atom is 0.408 e. The number of hydrogen-bond donors (Lipinski definition) is 1. The van der Waals surface area contributed by atoms with Crippen LogP contribution in [0.1, 0.15) is 27.2 Å². The summed E-state index contributed by atoms with van der Waals surface area (Å²) in [6.45, 7) is 8.11. The number of amides is 1. The number of carbonyl (C=O) groups is 2. The fourth-order valence-electron chi connectivity index (χ4n) is 1.26. The van der Waals surface area contributed by atoms with Crippen LogP contribution in [0.25, 0.3) is 0 Å². The lowest BCUT2D eigenvalue weighted by molar-refractivity contribution is -0.145. The highest BCUT2D eigenvalue weighted by atomic mass is 32.2. The van der Waals surface area contributed by atoms with Crippen LogP contribution >= 0.6 is 0 Å². The fraction of sp³-hybridized carbons (Fsp3) is 0.692. The van der Waals surface area contributed by atoms with Crippen molar-refractivity contribution < 1.29 is 31.7 Å². The van der Waals surface area contributed by atoms with Gasteiger partial charge in [-0.25, -0.2) is 9.59 Å². The Morgan fingerprint density at radius 3 is 2.36 bits per heavy atom. The SMILES string of the molecule is C=CCOC(=O)[C@H](CCOS(C)(=O)=O)NC(=O)OC(C)(C)C. The average molecular weight is 337 g/mol. The quantitative estimate of drug-likeness (QED) is 0.399. The second kappa shape index (κ2) is 8.74. The van der Waals surface area contributed by atoms with E-state index in [-0.39, 0.29) is 19.6 Å². The van der Waals surface area contributed by atoms with Crippen molar-refractivity contribution in [1.82, 2.24) is 5.32 Å². The van der Waals surface area contributed by atoms with Crippen LogP contribution in [0.15, 0.2) is 12.7 Å². The largest absolute Gasteiger partial charge is 0.460 e. The molecule has 0 fully saturated rings. The third-order valence-electron chi connectivity index (χ3n) is 2.02. The fourth-order valence-corrected chi connectivity index (χ4v) is 1.66. The molecule has 0 aromatic carbocycles. The molecule has 0 aromatic rings. The molecule has 0 aliphatic rings. The lowest BCUT2D eigenvalue weighted by Gasteiger charge is -2.22. The van der Waals surface area contributed by atoms with Gasteiger partial charge in [-0.05, 0) is 20.8 Å². The minimum absolute atomic E-state index is 0.0295. The Morgan fingerprint density at radius 1 is 1.32 bits per heavy atom. The van der Waals surface area contributed by atoms with Crippen molar-refractivity contribution in [2.75, 3.05) is 19.5 Å². The van der Waals surface area contributed by atoms with Crippen molar-refractivity contribution in [3.8, 4) is 0 Å². The Bertz CT molecular complexity index is 493. The average Bonchev–Trinajstić information content (AvgIpc) is 2.30. The molecule has 22 heavy (non-hydrogen) atoms. The highest BCUT2D eigenvalue weighted by Crippen LogP contribution is 2.08. The van der Waals surface area contributed by atoms with Crippen LogP contribution in [0.2, 0.25) is 0 Å². The number of esters is 1. The van der Waals surface area contributed by atoms with Crippen molar-refractivity contribution in [2.24, 2.45) is 0 Å². The summed E-state index contributed by atoms with van der Waals surface area (Å²) in [4.78, 5) is 23.5. The van der Waals surface area contributed by atoms with Gasteiger partial charge in [-0.3, -0.25) is 4.18 Å². The van der Waals surface area contributed by atoms with Gasteiger partial charge >= 0.3 is 12.1 Å². The third kappa shape index (κ3) is 11.1. The standard InChI is InChI=1S/C13H23NO7S/c1-6-8-19-11(15)10(7-9-20-22(5,17)18)14-12(16)21-13(2,3)4/h6,10H,1,7-9H2,2-5H3,(H,14,16)/t10-/m0/s1. The van der Waals surface area contributed by atoms with E-state index < -0.39 is 33.8 Å². The van der Waals surface area contributed by atoms with Crippen molar-refractivity contribution in [1.29, 1.82) is 0 Å². The van der Waals surface area contributed by atoms with Gasteiger partial charge in [-0.15, -0.1) is 0 Å². The number of nitrogens with one attached hydrogen (secondary N) is 1. The normalized spacial score (nSPS) is 13.1. The number of ether oxygens (including phenoxy) is 2. The number of hydrogen-bond acceptors (Lipinski definition) is 7. The van der Waals surface area contributed by atoms with Gasteiger partial charge < -0.3 is 14.8 Å². The maximum atomic E-state index is 11.8. The summed E-state index contributed by atoms with van der Waals surface area (Å²) in [6, 6.07) is -1.09. The van der Waals surface area contributed by atoms with Gasteiger partial charge in [0.2, 0.25) is 0 Å². The molecule has 0 heterocycles. The minimum Gasteiger partial charge on any atom is -0.460 e. The van der Waals surface area contributed by atoms with Gasteiger partial charge in [-0.1, -0.05) is 12.7 Å². The first-order valence-electron chi connectivity index (χ1n) is 6.56. The van der Waals surface area contributed by atoms with Crippen LogP contribution in [0.3, 0.4) is 0 Å². The first-order valence-corrected chi connectivity index (χ1v) is 8.37. The Balaban J connectivity index is 4.67. The van der Waals surface area contributed by atoms with Crippen LogP contribution in [-0.2, 0) is 28.6 Å². The van der Waals surface area contributed by atoms with Gasteiger partial charge in [0.15, 0.2) is 0 Å². The Labute approximate surface area is 130 Å². The number of carbonyl (C=O) groups excluding carboxylic acids is 2. The van der Waals surface area contributed by atoms with E-state index in [1.165, 1.54) is 6.08 Å². The Hall–Kier alpha value is -1.61. The summed E-state index contributed by atoms with van der Waals surface area (Å²) < 4.78 is 36.2. The molecule has 9 heteroatoms. The van der Waals surface area contributed by atoms with Gasteiger partial charge in [0.1, 0.15) is 18.2 Å². The molecule has 1 amide bonds. The zero-order chi connectivity index (χ0) is 17.4. The Morgan fingerprint density at radius 2 is 1.91 bits per heavy atom. The van der Waals surface area contributed by atoms with Crippen LogP contribution < -0.4 is 5.32 Å². The molecular weight excluding hydrogens is 314 g/mol. The van der Waals surface area contributed by atoms with Gasteiger partial charge in [0, 0.05) is 6.42 Å². The van der Waals surface area contributed by atoms with Crippen molar-refractivity contribution in [2.45, 2.75) is 38.8 Å². The first-order chi connectivity index (χ1) is 9.94. The smallest absolute Gasteiger partial charge is 0.408 e. The molecule has 0 rings (SSSR count). The van der Waals surface area contributed by atoms with Crippen molar-refractivity contribution >= 4 is 22.2 Å². The summed E-state index contributed by atoms with van der Waals surface area (Å²) in [6.07, 6.45) is 1.37. The van der Waals surface area contributed by atoms with E-state index in [9.17, 15) is 18.0 Å². The number of rotatable bonds is 8. The molecule has 0 saturated heterocycles. The van der Waals surface area contributed by atoms with Crippen LogP contribution in [0.5, 0.6) is 0 Å². The van der Waals surface area contributed by atoms with Gasteiger partial charge in [-0.2, -0.15) is 8.42 Å². The van der Waals surface area contributed by atoms with E-state index in [2.05, 4.69) is 16.1 Å². The second-order valence-corrected chi connectivity index (χ2v) is 7.08. The second-order valence-electron chi connectivity index (χ2n) is 5.43. The highest BCUT2D eigenvalue weighted by molar-refractivity contribution is 7.85. The van der Waals surface area contributed by atoms with Gasteiger partial charge in [0.05, 0.1) is 12.9 Å². The monoisotopic (exact) mass is 337 g/mol. The zero-order valence-corrected chi connectivity index (χ0v) is 14.1. The molecule has 0 aliphatic heterocycles. The summed E-state index contributed by atoms with van der Waals surface area (Å²) in [7, 11) is -3.63. The van der Waals surface area contributed by atoms with E-state index in [0.717, 1.165) is 6.26 Å². The molecule has 0 aliphatic carbocycles. The molecule has 0 aromatic heterocycles. The van der Waals surface area contributed by atoms with E-state index >= 15 is 0 Å². The predicted molar refractivity (Wildman–Crippen MR) is 79.7 cm³/mol. The molecular formula is C13H23NO7S. The summed E-state index contributed by atoms with van der Waals surface area (Å²) >= 11 is 0. The van der Waals surface area contributed by atoms with Crippen LogP contribution in [0.4, 0.5) is 4.79 Å². The maximum absolute atomic E-state index is 11.8. The third-order valence-corrected chi connectivity index (χ3v) is 2.62. The molecule has 8 nitrogen and oxygen atoms in total. The van der Waals surface area contributed by atoms with E-state index in [1.54, 1.807) is 20.8 Å². The lowest BCUT2D eigenvalue weighted by atomic mass is 10.2. The predicted octanol–water partition coefficient (Wildman–Crippen LogP) is 0.975. The van der Waals surface area contributed by atoms with E-state index in [1.807, 2.05) is 0 Å². The molecule has 0 bridgehead atoms. The molecule has 1 N–H and O–H groups in total. The topological polar surface area (TPSA) is 108 Å². The summed E-state index contributed by atoms with van der Waals surface area (Å²) in [5.74, 6) is -0.733. The van der Waals surface area contributed by atoms with Gasteiger partial charge in [0.25, 0.3) is 10.1 Å². The van der Waals surface area contributed by atoms with Crippen LogP contribution in [-0.4, -0.2) is 51.6 Å². The van der Waals surface area contributed by atoms with E-state index in [0.29, 0.717) is 0 Å². The molecule has 0 saturated carbocycles. The summed E-state index contributed by atoms with van der Waals surface area (Å²) in [5, 5.41) is 2.32. The first kappa shape index (κ1) is 20.4. The highest BCUT2D eigenvalue weighted by Gasteiger charge is 2.25. The molecule has 1 atom stereocenters. The van der Waals surface area contributed by atoms with Crippen molar-refractivity contribution in [3.63, 3.8) is 0 Å². The van der Waals surface area contributed by atoms with Crippen molar-refractivity contribution in [3.05, 3.63) is 12.7 Å². The van der Waals surface area contributed by atoms with E-state index in [4.69, 9.17) is 9.47 Å². The molecule has 0 radical (unpaired) electrons. The lowest BCUT2D eigenvalue weighted by Crippen LogP contribution is -2.45. The molecule has 0 spiro atoms.